The summed E-state index contributed by atoms with van der Waals surface area (Å²) in [5, 5.41) is 15.8. The van der Waals surface area contributed by atoms with Crippen molar-refractivity contribution in [2.75, 3.05) is 26.2 Å². The zero-order valence-corrected chi connectivity index (χ0v) is 12.8. The lowest BCUT2D eigenvalue weighted by atomic mass is 10.2. The molecule has 5 nitrogen and oxygen atoms in total. The second-order valence-electron chi connectivity index (χ2n) is 5.28. The first-order valence-electron chi connectivity index (χ1n) is 7.44. The van der Waals surface area contributed by atoms with Gasteiger partial charge in [-0.3, -0.25) is 4.79 Å². The van der Waals surface area contributed by atoms with Crippen LogP contribution < -0.4 is 15.4 Å². The largest absolute Gasteiger partial charge is 0.491 e. The monoisotopic (exact) mass is 294 g/mol. The number of benzene rings is 1. The third-order valence-electron chi connectivity index (χ3n) is 2.92. The van der Waals surface area contributed by atoms with Gasteiger partial charge in [-0.1, -0.05) is 32.0 Å². The summed E-state index contributed by atoms with van der Waals surface area (Å²) in [6.45, 7) is 5.89. The Kier molecular flexibility index (Phi) is 8.47. The van der Waals surface area contributed by atoms with Gasteiger partial charge >= 0.3 is 0 Å². The Hall–Kier alpha value is -1.59. The second kappa shape index (κ2) is 10.2. The predicted molar refractivity (Wildman–Crippen MR) is 83.3 cm³/mol. The highest BCUT2D eigenvalue weighted by molar-refractivity contribution is 5.77. The van der Waals surface area contributed by atoms with Gasteiger partial charge in [0.25, 0.3) is 0 Å². The lowest BCUT2D eigenvalue weighted by molar-refractivity contribution is -0.123. The summed E-state index contributed by atoms with van der Waals surface area (Å²) >= 11 is 0. The third kappa shape index (κ3) is 8.32. The minimum atomic E-state index is -0.546. The zero-order chi connectivity index (χ0) is 15.5. The average molecular weight is 294 g/mol. The van der Waals surface area contributed by atoms with Crippen molar-refractivity contribution in [2.24, 2.45) is 5.92 Å². The fourth-order valence-corrected chi connectivity index (χ4v) is 1.67. The number of hydrogen-bond acceptors (Lipinski definition) is 4. The summed E-state index contributed by atoms with van der Waals surface area (Å²) in [6.07, 6.45) is 0.292. The fraction of sp³-hybridized carbons (Fsp3) is 0.562. The Morgan fingerprint density at radius 1 is 1.24 bits per heavy atom. The summed E-state index contributed by atoms with van der Waals surface area (Å²) in [4.78, 5) is 11.3. The van der Waals surface area contributed by atoms with Gasteiger partial charge in [0.2, 0.25) is 5.91 Å². The van der Waals surface area contributed by atoms with E-state index >= 15 is 0 Å². The number of aliphatic hydroxyl groups is 1. The molecular weight excluding hydrogens is 268 g/mol. The van der Waals surface area contributed by atoms with Gasteiger partial charge in [0.15, 0.2) is 0 Å². The molecule has 0 fully saturated rings. The number of ether oxygens (including phenoxy) is 1. The van der Waals surface area contributed by atoms with E-state index in [9.17, 15) is 9.90 Å². The molecule has 0 unspecified atom stereocenters. The molecule has 0 heterocycles. The van der Waals surface area contributed by atoms with E-state index in [4.69, 9.17) is 4.74 Å². The molecule has 1 atom stereocenters. The van der Waals surface area contributed by atoms with E-state index in [-0.39, 0.29) is 18.4 Å². The van der Waals surface area contributed by atoms with Crippen molar-refractivity contribution in [3.63, 3.8) is 0 Å². The molecular formula is C16H26N2O3. The molecule has 0 spiro atoms. The molecule has 0 aromatic heterocycles. The number of amides is 1. The normalized spacial score (nSPS) is 12.2. The van der Waals surface area contributed by atoms with Gasteiger partial charge in [-0.05, 0) is 25.1 Å². The van der Waals surface area contributed by atoms with Crippen LogP contribution in [0.3, 0.4) is 0 Å². The van der Waals surface area contributed by atoms with Gasteiger partial charge in [0, 0.05) is 19.0 Å². The van der Waals surface area contributed by atoms with Crippen LogP contribution in [-0.2, 0) is 4.79 Å². The maximum atomic E-state index is 11.3. The summed E-state index contributed by atoms with van der Waals surface area (Å²) in [5.74, 6) is 0.856. The summed E-state index contributed by atoms with van der Waals surface area (Å²) in [6, 6.07) is 9.43. The highest BCUT2D eigenvalue weighted by Gasteiger charge is 2.06. The van der Waals surface area contributed by atoms with Gasteiger partial charge in [-0.15, -0.1) is 0 Å². The molecule has 0 aliphatic heterocycles. The first kappa shape index (κ1) is 17.5. The molecule has 21 heavy (non-hydrogen) atoms. The predicted octanol–water partition coefficient (Wildman–Crippen LogP) is 1.18. The Morgan fingerprint density at radius 2 is 1.95 bits per heavy atom. The second-order valence-corrected chi connectivity index (χ2v) is 5.28. The summed E-state index contributed by atoms with van der Waals surface area (Å²) in [7, 11) is 0. The zero-order valence-electron chi connectivity index (χ0n) is 12.8. The van der Waals surface area contributed by atoms with E-state index in [0.717, 1.165) is 18.7 Å². The molecule has 1 amide bonds. The third-order valence-corrected chi connectivity index (χ3v) is 2.92. The maximum absolute atomic E-state index is 11.3. The van der Waals surface area contributed by atoms with Crippen molar-refractivity contribution >= 4 is 5.91 Å². The number of hydrogen-bond donors (Lipinski definition) is 3. The van der Waals surface area contributed by atoms with Crippen LogP contribution in [0.15, 0.2) is 30.3 Å². The fourth-order valence-electron chi connectivity index (χ4n) is 1.67. The van der Waals surface area contributed by atoms with Crippen molar-refractivity contribution in [3.05, 3.63) is 30.3 Å². The van der Waals surface area contributed by atoms with Crippen LogP contribution in [-0.4, -0.2) is 43.4 Å². The van der Waals surface area contributed by atoms with Crippen molar-refractivity contribution in [1.82, 2.24) is 10.6 Å². The van der Waals surface area contributed by atoms with Gasteiger partial charge in [0.05, 0.1) is 0 Å². The highest BCUT2D eigenvalue weighted by atomic mass is 16.5. The van der Waals surface area contributed by atoms with Crippen molar-refractivity contribution in [2.45, 2.75) is 26.4 Å². The lowest BCUT2D eigenvalue weighted by Gasteiger charge is -2.13. The van der Waals surface area contributed by atoms with Crippen LogP contribution in [0.1, 0.15) is 20.3 Å². The molecule has 3 N–H and O–H groups in total. The van der Waals surface area contributed by atoms with Gasteiger partial charge in [0.1, 0.15) is 18.5 Å². The van der Waals surface area contributed by atoms with E-state index in [1.165, 1.54) is 0 Å². The van der Waals surface area contributed by atoms with E-state index in [0.29, 0.717) is 13.1 Å². The van der Waals surface area contributed by atoms with Gasteiger partial charge in [-0.2, -0.15) is 0 Å². The Bertz CT molecular complexity index is 396. The van der Waals surface area contributed by atoms with Crippen LogP contribution in [0, 0.1) is 5.92 Å². The number of carbonyl (C=O) groups is 1. The maximum Gasteiger partial charge on any atom is 0.222 e. The Labute approximate surface area is 126 Å². The molecule has 5 heteroatoms. The number of nitrogens with one attached hydrogen (secondary N) is 2. The first-order chi connectivity index (χ1) is 10.1. The van der Waals surface area contributed by atoms with Crippen LogP contribution in [0.2, 0.25) is 0 Å². The van der Waals surface area contributed by atoms with Crippen LogP contribution in [0.5, 0.6) is 5.75 Å². The van der Waals surface area contributed by atoms with Crippen molar-refractivity contribution in [3.8, 4) is 5.75 Å². The number of rotatable bonds is 10. The minimum absolute atomic E-state index is 0.0231. The van der Waals surface area contributed by atoms with Crippen LogP contribution >= 0.6 is 0 Å². The standard InChI is InChI=1S/C16H26N2O3/c1-13(2)16(20)18-10-6-9-17-11-14(19)12-21-15-7-4-3-5-8-15/h3-5,7-8,13-14,17,19H,6,9-12H2,1-2H3,(H,18,20)/t14-/m1/s1. The highest BCUT2D eigenvalue weighted by Crippen LogP contribution is 2.08. The van der Waals surface area contributed by atoms with Crippen molar-refractivity contribution in [1.29, 1.82) is 0 Å². The molecule has 1 rings (SSSR count). The molecule has 0 saturated heterocycles. The molecule has 118 valence electrons. The molecule has 0 saturated carbocycles. The van der Waals surface area contributed by atoms with E-state index in [1.54, 1.807) is 0 Å². The van der Waals surface area contributed by atoms with E-state index in [2.05, 4.69) is 10.6 Å². The molecule has 0 radical (unpaired) electrons. The van der Waals surface area contributed by atoms with Crippen LogP contribution in [0.25, 0.3) is 0 Å². The molecule has 1 aromatic carbocycles. The number of carbonyl (C=O) groups excluding carboxylic acids is 1. The SMILES string of the molecule is CC(C)C(=O)NCCCNC[C@@H](O)COc1ccccc1. The van der Waals surface area contributed by atoms with E-state index in [1.807, 2.05) is 44.2 Å². The summed E-state index contributed by atoms with van der Waals surface area (Å²) < 4.78 is 5.46. The Morgan fingerprint density at radius 3 is 2.62 bits per heavy atom. The van der Waals surface area contributed by atoms with Crippen molar-refractivity contribution < 1.29 is 14.6 Å². The summed E-state index contributed by atoms with van der Waals surface area (Å²) in [5.41, 5.74) is 0. The van der Waals surface area contributed by atoms with E-state index < -0.39 is 6.10 Å². The Balaban J connectivity index is 1.98. The quantitative estimate of drug-likeness (QED) is 0.567. The average Bonchev–Trinajstić information content (AvgIpc) is 2.49. The molecule has 1 aromatic rings. The minimum Gasteiger partial charge on any atom is -0.491 e. The smallest absolute Gasteiger partial charge is 0.222 e. The lowest BCUT2D eigenvalue weighted by Crippen LogP contribution is -2.34. The molecule has 0 bridgehead atoms. The number of aliphatic hydroxyl groups excluding tert-OH is 1. The first-order valence-corrected chi connectivity index (χ1v) is 7.44. The molecule has 0 aliphatic carbocycles. The topological polar surface area (TPSA) is 70.6 Å². The van der Waals surface area contributed by atoms with Gasteiger partial charge < -0.3 is 20.5 Å². The van der Waals surface area contributed by atoms with Crippen LogP contribution in [0.4, 0.5) is 0 Å². The molecule has 0 aliphatic rings. The number of para-hydroxylation sites is 1. The van der Waals surface area contributed by atoms with Gasteiger partial charge in [-0.25, -0.2) is 0 Å².